The molecule has 0 atom stereocenters. The quantitative estimate of drug-likeness (QED) is 0.560. The van der Waals surface area contributed by atoms with E-state index in [1.54, 1.807) is 12.0 Å². The molecule has 1 aromatic carbocycles. The predicted octanol–water partition coefficient (Wildman–Crippen LogP) is 1.16. The van der Waals surface area contributed by atoms with E-state index in [1.807, 2.05) is 31.3 Å². The van der Waals surface area contributed by atoms with Gasteiger partial charge < -0.3 is 24.8 Å². The maximum Gasteiger partial charge on any atom is 0.253 e. The smallest absolute Gasteiger partial charge is 0.253 e. The number of hydrogen-bond donors (Lipinski definition) is 3. The summed E-state index contributed by atoms with van der Waals surface area (Å²) in [6, 6.07) is 7.56. The van der Waals surface area contributed by atoms with Crippen molar-refractivity contribution in [1.29, 1.82) is 0 Å². The monoisotopic (exact) mass is 391 g/mol. The summed E-state index contributed by atoms with van der Waals surface area (Å²) in [5.41, 5.74) is 1.42. The molecule has 7 heteroatoms. The molecular formula is C20H31N4O2S+. The average molecular weight is 392 g/mol. The molecule has 2 aromatic rings. The van der Waals surface area contributed by atoms with E-state index in [4.69, 9.17) is 17.0 Å². The maximum atomic E-state index is 12.5. The minimum Gasteiger partial charge on any atom is -0.497 e. The summed E-state index contributed by atoms with van der Waals surface area (Å²) in [7, 11) is 3.46. The van der Waals surface area contributed by atoms with Crippen molar-refractivity contribution in [2.24, 2.45) is 0 Å². The Labute approximate surface area is 166 Å². The second-order valence-electron chi connectivity index (χ2n) is 6.61. The molecule has 0 radical (unpaired) electrons. The van der Waals surface area contributed by atoms with Gasteiger partial charge in [-0.05, 0) is 50.3 Å². The van der Waals surface area contributed by atoms with Gasteiger partial charge in [-0.2, -0.15) is 0 Å². The summed E-state index contributed by atoms with van der Waals surface area (Å²) in [5, 5.41) is 4.66. The Morgan fingerprint density at radius 1 is 1.30 bits per heavy atom. The number of thiocarbonyl (C=S) groups is 1. The average Bonchev–Trinajstić information content (AvgIpc) is 2.69. The van der Waals surface area contributed by atoms with Crippen LogP contribution in [0.4, 0.5) is 0 Å². The zero-order valence-electron chi connectivity index (χ0n) is 16.7. The van der Waals surface area contributed by atoms with Crippen molar-refractivity contribution in [3.05, 3.63) is 40.2 Å². The first kappa shape index (κ1) is 21.2. The van der Waals surface area contributed by atoms with Gasteiger partial charge in [-0.1, -0.05) is 0 Å². The molecule has 0 amide bonds. The third-order valence-corrected chi connectivity index (χ3v) is 5.41. The largest absolute Gasteiger partial charge is 0.497 e. The van der Waals surface area contributed by atoms with Gasteiger partial charge in [-0.15, -0.1) is 0 Å². The molecule has 0 bridgehead atoms. The summed E-state index contributed by atoms with van der Waals surface area (Å²) in [6.07, 6.45) is 1.03. The number of quaternary nitrogens is 1. The molecule has 0 aliphatic rings. The number of benzene rings is 1. The van der Waals surface area contributed by atoms with Crippen LogP contribution in [0.2, 0.25) is 0 Å². The van der Waals surface area contributed by atoms with Gasteiger partial charge in [0.05, 0.1) is 33.3 Å². The SMILES string of the molecule is CC[NH+](CC)CCCN(Cc1cc2cc(OC)ccc2[nH]c1=O)C(=S)NC. The number of ether oxygens (including phenoxy) is 1. The Bertz CT molecular complexity index is 817. The van der Waals surface area contributed by atoms with E-state index < -0.39 is 0 Å². The summed E-state index contributed by atoms with van der Waals surface area (Å²) >= 11 is 5.47. The minimum absolute atomic E-state index is 0.0778. The van der Waals surface area contributed by atoms with Crippen LogP contribution in [0.3, 0.4) is 0 Å². The number of aromatic nitrogens is 1. The maximum absolute atomic E-state index is 12.5. The van der Waals surface area contributed by atoms with Gasteiger partial charge in [-0.25, -0.2) is 0 Å². The molecule has 1 aromatic heterocycles. The number of hydrogen-bond acceptors (Lipinski definition) is 3. The van der Waals surface area contributed by atoms with E-state index in [0.717, 1.165) is 49.3 Å². The normalized spacial score (nSPS) is 11.0. The summed E-state index contributed by atoms with van der Waals surface area (Å²) in [6.45, 7) is 9.06. The molecule has 27 heavy (non-hydrogen) atoms. The third kappa shape index (κ3) is 5.68. The highest BCUT2D eigenvalue weighted by Gasteiger charge is 2.14. The molecule has 0 unspecified atom stereocenters. The van der Waals surface area contributed by atoms with Crippen molar-refractivity contribution >= 4 is 28.2 Å². The highest BCUT2D eigenvalue weighted by molar-refractivity contribution is 7.80. The lowest BCUT2D eigenvalue weighted by Gasteiger charge is -2.25. The van der Waals surface area contributed by atoms with E-state index in [1.165, 1.54) is 0 Å². The standard InChI is InChI=1S/C20H30N4O2S/c1-5-23(6-2)10-7-11-24(20(27)21-3)14-16-12-15-13-17(26-4)8-9-18(15)22-19(16)25/h8-9,12-13H,5-7,10-11,14H2,1-4H3,(H,21,27)(H,22,25)/p+1. The lowest BCUT2D eigenvalue weighted by Crippen LogP contribution is -3.11. The Kier molecular flexibility index (Phi) is 8.06. The van der Waals surface area contributed by atoms with Crippen molar-refractivity contribution < 1.29 is 9.64 Å². The van der Waals surface area contributed by atoms with Crippen molar-refractivity contribution in [2.45, 2.75) is 26.8 Å². The summed E-state index contributed by atoms with van der Waals surface area (Å²) < 4.78 is 5.29. The second-order valence-corrected chi connectivity index (χ2v) is 7.00. The van der Waals surface area contributed by atoms with Crippen LogP contribution in [0.5, 0.6) is 5.75 Å². The highest BCUT2D eigenvalue weighted by atomic mass is 32.1. The number of nitrogens with one attached hydrogen (secondary N) is 3. The van der Waals surface area contributed by atoms with Crippen molar-refractivity contribution in [3.8, 4) is 5.75 Å². The fourth-order valence-electron chi connectivity index (χ4n) is 3.21. The van der Waals surface area contributed by atoms with Gasteiger partial charge in [-0.3, -0.25) is 4.79 Å². The molecule has 0 saturated carbocycles. The van der Waals surface area contributed by atoms with Gasteiger partial charge in [0.1, 0.15) is 5.75 Å². The van der Waals surface area contributed by atoms with Crippen LogP contribution in [-0.4, -0.2) is 55.3 Å². The molecule has 0 spiro atoms. The van der Waals surface area contributed by atoms with E-state index in [9.17, 15) is 4.79 Å². The lowest BCUT2D eigenvalue weighted by atomic mass is 10.1. The van der Waals surface area contributed by atoms with Gasteiger partial charge in [0.15, 0.2) is 5.11 Å². The highest BCUT2D eigenvalue weighted by Crippen LogP contribution is 2.19. The van der Waals surface area contributed by atoms with Crippen molar-refractivity contribution in [1.82, 2.24) is 15.2 Å². The number of rotatable bonds is 9. The van der Waals surface area contributed by atoms with Gasteiger partial charge in [0.2, 0.25) is 0 Å². The molecule has 1 heterocycles. The fraction of sp³-hybridized carbons (Fsp3) is 0.500. The first-order valence-corrected chi connectivity index (χ1v) is 9.93. The first-order chi connectivity index (χ1) is 13.0. The number of H-pyrrole nitrogens is 1. The van der Waals surface area contributed by atoms with Crippen LogP contribution >= 0.6 is 12.2 Å². The number of nitrogens with zero attached hydrogens (tertiary/aromatic N) is 1. The van der Waals surface area contributed by atoms with Gasteiger partial charge >= 0.3 is 0 Å². The van der Waals surface area contributed by atoms with Crippen LogP contribution in [0.1, 0.15) is 25.8 Å². The van der Waals surface area contributed by atoms with Gasteiger partial charge in [0.25, 0.3) is 5.56 Å². The molecule has 0 aliphatic carbocycles. The zero-order chi connectivity index (χ0) is 19.8. The lowest BCUT2D eigenvalue weighted by molar-refractivity contribution is -0.896. The van der Waals surface area contributed by atoms with E-state index in [-0.39, 0.29) is 5.56 Å². The topological polar surface area (TPSA) is 61.8 Å². The van der Waals surface area contributed by atoms with Crippen molar-refractivity contribution in [3.63, 3.8) is 0 Å². The first-order valence-electron chi connectivity index (χ1n) is 9.52. The molecular weight excluding hydrogens is 360 g/mol. The number of aromatic amines is 1. The summed E-state index contributed by atoms with van der Waals surface area (Å²) in [4.78, 5) is 19.1. The number of fused-ring (bicyclic) bond motifs is 1. The third-order valence-electron chi connectivity index (χ3n) is 4.95. The second kappa shape index (κ2) is 10.3. The molecule has 0 saturated heterocycles. The Hall–Kier alpha value is -2.12. The Morgan fingerprint density at radius 2 is 2.04 bits per heavy atom. The van der Waals surface area contributed by atoms with Crippen LogP contribution in [0, 0.1) is 0 Å². The molecule has 0 aliphatic heterocycles. The molecule has 6 nitrogen and oxygen atoms in total. The van der Waals surface area contributed by atoms with Crippen LogP contribution in [0.25, 0.3) is 10.9 Å². The van der Waals surface area contributed by atoms with Gasteiger partial charge in [0, 0.05) is 36.5 Å². The molecule has 0 fully saturated rings. The fourth-order valence-corrected chi connectivity index (χ4v) is 3.37. The zero-order valence-corrected chi connectivity index (χ0v) is 17.5. The number of pyridine rings is 1. The van der Waals surface area contributed by atoms with Crippen LogP contribution < -0.4 is 20.5 Å². The summed E-state index contributed by atoms with van der Waals surface area (Å²) in [5.74, 6) is 0.769. The van der Waals surface area contributed by atoms with E-state index >= 15 is 0 Å². The van der Waals surface area contributed by atoms with Crippen LogP contribution in [-0.2, 0) is 6.54 Å². The van der Waals surface area contributed by atoms with E-state index in [0.29, 0.717) is 17.2 Å². The predicted molar refractivity (Wildman–Crippen MR) is 115 cm³/mol. The molecule has 148 valence electrons. The molecule has 2 rings (SSSR count). The Morgan fingerprint density at radius 3 is 2.67 bits per heavy atom. The number of methoxy groups -OCH3 is 1. The van der Waals surface area contributed by atoms with Crippen molar-refractivity contribution in [2.75, 3.05) is 40.3 Å². The minimum atomic E-state index is -0.0778. The van der Waals surface area contributed by atoms with E-state index in [2.05, 4.69) is 29.0 Å². The molecule has 3 N–H and O–H groups in total. The van der Waals surface area contributed by atoms with Crippen LogP contribution in [0.15, 0.2) is 29.1 Å². The Balaban J connectivity index is 2.19.